The fourth-order valence-corrected chi connectivity index (χ4v) is 1.98. The van der Waals surface area contributed by atoms with Crippen LogP contribution in [0, 0.1) is 0 Å². The van der Waals surface area contributed by atoms with Crippen molar-refractivity contribution in [3.63, 3.8) is 0 Å². The highest BCUT2D eigenvalue weighted by molar-refractivity contribution is 5.96. The fourth-order valence-electron chi connectivity index (χ4n) is 1.98. The highest BCUT2D eigenvalue weighted by Gasteiger charge is 2.25. The van der Waals surface area contributed by atoms with Crippen LogP contribution in [0.1, 0.15) is 42.8 Å². The van der Waals surface area contributed by atoms with Gasteiger partial charge in [-0.1, -0.05) is 19.0 Å². The van der Waals surface area contributed by atoms with Gasteiger partial charge in [0.15, 0.2) is 5.76 Å². The molecule has 0 unspecified atom stereocenters. The summed E-state index contributed by atoms with van der Waals surface area (Å²) in [5, 5.41) is 13.3. The van der Waals surface area contributed by atoms with Crippen LogP contribution in [0.5, 0.6) is 5.75 Å². The number of carboxylic acid groups (broad SMARTS) is 1. The largest absolute Gasteiger partial charge is 0.494 e. The predicted molar refractivity (Wildman–Crippen MR) is 74.2 cm³/mol. The predicted octanol–water partition coefficient (Wildman–Crippen LogP) is 3.56. The first-order valence-corrected chi connectivity index (χ1v) is 6.50. The zero-order valence-corrected chi connectivity index (χ0v) is 11.7. The van der Waals surface area contributed by atoms with Crippen LogP contribution in [0.2, 0.25) is 0 Å². The minimum atomic E-state index is -1.03. The molecular weight excluding hydrogens is 258 g/mol. The van der Waals surface area contributed by atoms with Gasteiger partial charge in [-0.25, -0.2) is 4.79 Å². The number of rotatable bonds is 5. The summed E-state index contributed by atoms with van der Waals surface area (Å²) in [5.74, 6) is 0.0611. The van der Waals surface area contributed by atoms with E-state index in [1.165, 1.54) is 0 Å². The smallest absolute Gasteiger partial charge is 0.341 e. The molecular formula is C15H17NO4. The standard InChI is InChI=1S/C15H17NO4/c1-4-19-11-7-5-10(6-8-11)13-12(15(17)18)14(9(2)3)20-16-13/h5-9H,4H2,1-3H3,(H,17,18). The summed E-state index contributed by atoms with van der Waals surface area (Å²) < 4.78 is 10.5. The molecule has 5 nitrogen and oxygen atoms in total. The third-order valence-corrected chi connectivity index (χ3v) is 2.90. The number of hydrogen-bond donors (Lipinski definition) is 1. The van der Waals surface area contributed by atoms with Crippen molar-refractivity contribution in [1.29, 1.82) is 0 Å². The van der Waals surface area contributed by atoms with E-state index in [2.05, 4.69) is 5.16 Å². The van der Waals surface area contributed by atoms with E-state index in [4.69, 9.17) is 9.26 Å². The maximum Gasteiger partial charge on any atom is 0.341 e. The molecule has 1 heterocycles. The van der Waals surface area contributed by atoms with Crippen LogP contribution in [-0.4, -0.2) is 22.8 Å². The Morgan fingerprint density at radius 1 is 1.35 bits per heavy atom. The molecule has 0 aliphatic carbocycles. The maximum absolute atomic E-state index is 11.4. The summed E-state index contributed by atoms with van der Waals surface area (Å²) in [4.78, 5) is 11.4. The molecule has 1 aromatic carbocycles. The Balaban J connectivity index is 2.44. The second kappa shape index (κ2) is 5.77. The molecule has 0 radical (unpaired) electrons. The van der Waals surface area contributed by atoms with Gasteiger partial charge >= 0.3 is 5.97 Å². The fraction of sp³-hybridized carbons (Fsp3) is 0.333. The number of nitrogens with zero attached hydrogens (tertiary/aromatic N) is 1. The van der Waals surface area contributed by atoms with Gasteiger partial charge in [-0.3, -0.25) is 0 Å². The number of carboxylic acids is 1. The maximum atomic E-state index is 11.4. The van der Waals surface area contributed by atoms with Gasteiger partial charge in [0.05, 0.1) is 6.61 Å². The monoisotopic (exact) mass is 275 g/mol. The van der Waals surface area contributed by atoms with Gasteiger partial charge in [-0.2, -0.15) is 0 Å². The Morgan fingerprint density at radius 2 is 2.00 bits per heavy atom. The van der Waals surface area contributed by atoms with Crippen LogP contribution >= 0.6 is 0 Å². The minimum absolute atomic E-state index is 0.0370. The van der Waals surface area contributed by atoms with Crippen molar-refractivity contribution in [2.24, 2.45) is 0 Å². The molecule has 2 aromatic rings. The first kappa shape index (κ1) is 14.1. The van der Waals surface area contributed by atoms with E-state index in [9.17, 15) is 9.90 Å². The van der Waals surface area contributed by atoms with E-state index in [1.807, 2.05) is 20.8 Å². The highest BCUT2D eigenvalue weighted by atomic mass is 16.5. The molecule has 0 bridgehead atoms. The van der Waals surface area contributed by atoms with Crippen molar-refractivity contribution in [3.8, 4) is 17.0 Å². The van der Waals surface area contributed by atoms with Crippen molar-refractivity contribution in [2.75, 3.05) is 6.61 Å². The molecule has 0 aliphatic heterocycles. The number of aromatic nitrogens is 1. The van der Waals surface area contributed by atoms with Gasteiger partial charge in [0.25, 0.3) is 0 Å². The lowest BCUT2D eigenvalue weighted by Gasteiger charge is -2.04. The highest BCUT2D eigenvalue weighted by Crippen LogP contribution is 2.30. The van der Waals surface area contributed by atoms with E-state index in [1.54, 1.807) is 24.3 Å². The number of benzene rings is 1. The van der Waals surface area contributed by atoms with Gasteiger partial charge in [0, 0.05) is 11.5 Å². The van der Waals surface area contributed by atoms with E-state index in [0.717, 1.165) is 5.75 Å². The molecule has 0 saturated carbocycles. The Labute approximate surface area is 117 Å². The van der Waals surface area contributed by atoms with Crippen LogP contribution < -0.4 is 4.74 Å². The minimum Gasteiger partial charge on any atom is -0.494 e. The molecule has 0 saturated heterocycles. The van der Waals surface area contributed by atoms with Gasteiger partial charge in [-0.05, 0) is 31.2 Å². The average Bonchev–Trinajstić information content (AvgIpc) is 2.85. The zero-order chi connectivity index (χ0) is 14.7. The van der Waals surface area contributed by atoms with Crippen LogP contribution in [0.25, 0.3) is 11.3 Å². The van der Waals surface area contributed by atoms with Crippen LogP contribution in [0.3, 0.4) is 0 Å². The van der Waals surface area contributed by atoms with Crippen molar-refractivity contribution in [3.05, 3.63) is 35.6 Å². The SMILES string of the molecule is CCOc1ccc(-c2noc(C(C)C)c2C(=O)O)cc1. The van der Waals surface area contributed by atoms with Gasteiger partial charge in [0.1, 0.15) is 17.0 Å². The number of hydrogen-bond acceptors (Lipinski definition) is 4. The van der Waals surface area contributed by atoms with Crippen molar-refractivity contribution >= 4 is 5.97 Å². The van der Waals surface area contributed by atoms with Crippen LogP contribution in [0.4, 0.5) is 0 Å². The van der Waals surface area contributed by atoms with Gasteiger partial charge < -0.3 is 14.4 Å². The lowest BCUT2D eigenvalue weighted by Crippen LogP contribution is -2.02. The molecule has 106 valence electrons. The van der Waals surface area contributed by atoms with E-state index in [0.29, 0.717) is 23.6 Å². The molecule has 2 rings (SSSR count). The molecule has 0 spiro atoms. The zero-order valence-electron chi connectivity index (χ0n) is 11.7. The Morgan fingerprint density at radius 3 is 2.50 bits per heavy atom. The Bertz CT molecular complexity index is 599. The molecule has 5 heteroatoms. The summed E-state index contributed by atoms with van der Waals surface area (Å²) in [7, 11) is 0. The van der Waals surface area contributed by atoms with E-state index < -0.39 is 5.97 Å². The molecule has 20 heavy (non-hydrogen) atoms. The van der Waals surface area contributed by atoms with E-state index in [-0.39, 0.29) is 11.5 Å². The lowest BCUT2D eigenvalue weighted by molar-refractivity contribution is 0.0694. The Kier molecular flexibility index (Phi) is 4.08. The number of ether oxygens (including phenoxy) is 1. The first-order valence-electron chi connectivity index (χ1n) is 6.50. The summed E-state index contributed by atoms with van der Waals surface area (Å²) in [6.45, 7) is 6.23. The quantitative estimate of drug-likeness (QED) is 0.903. The second-order valence-electron chi connectivity index (χ2n) is 4.69. The molecule has 1 N–H and O–H groups in total. The average molecular weight is 275 g/mol. The van der Waals surface area contributed by atoms with Crippen LogP contribution in [0.15, 0.2) is 28.8 Å². The summed E-state index contributed by atoms with van der Waals surface area (Å²) >= 11 is 0. The molecule has 1 aromatic heterocycles. The topological polar surface area (TPSA) is 72.6 Å². The molecule has 0 fully saturated rings. The van der Waals surface area contributed by atoms with E-state index >= 15 is 0 Å². The molecule has 0 atom stereocenters. The summed E-state index contributed by atoms with van der Waals surface area (Å²) in [6, 6.07) is 7.13. The lowest BCUT2D eigenvalue weighted by atomic mass is 10.0. The van der Waals surface area contributed by atoms with Gasteiger partial charge in [-0.15, -0.1) is 0 Å². The molecule has 0 amide bonds. The first-order chi connectivity index (χ1) is 9.54. The number of carbonyl (C=O) groups is 1. The van der Waals surface area contributed by atoms with Gasteiger partial charge in [0.2, 0.25) is 0 Å². The van der Waals surface area contributed by atoms with Crippen molar-refractivity contribution in [1.82, 2.24) is 5.16 Å². The summed E-state index contributed by atoms with van der Waals surface area (Å²) in [5.41, 5.74) is 1.18. The Hall–Kier alpha value is -2.30. The van der Waals surface area contributed by atoms with Crippen molar-refractivity contribution in [2.45, 2.75) is 26.7 Å². The normalized spacial score (nSPS) is 10.8. The molecule has 0 aliphatic rings. The third kappa shape index (κ3) is 2.66. The number of aromatic carboxylic acids is 1. The van der Waals surface area contributed by atoms with Crippen molar-refractivity contribution < 1.29 is 19.2 Å². The van der Waals surface area contributed by atoms with Crippen LogP contribution in [-0.2, 0) is 0 Å². The second-order valence-corrected chi connectivity index (χ2v) is 4.69. The summed E-state index contributed by atoms with van der Waals surface area (Å²) in [6.07, 6.45) is 0. The third-order valence-electron chi connectivity index (χ3n) is 2.90.